The molecule has 0 spiro atoms. The molecule has 0 aliphatic carbocycles. The summed E-state index contributed by atoms with van der Waals surface area (Å²) in [6.45, 7) is 8.66. The number of halogens is 1. The van der Waals surface area contributed by atoms with E-state index in [1.165, 1.54) is 24.8 Å². The van der Waals surface area contributed by atoms with E-state index < -0.39 is 17.8 Å². The number of hydrogen-bond acceptors (Lipinski definition) is 7. The maximum atomic E-state index is 15.1. The van der Waals surface area contributed by atoms with Crippen molar-refractivity contribution in [1.29, 1.82) is 0 Å². The minimum absolute atomic E-state index is 0.00290. The van der Waals surface area contributed by atoms with Crippen molar-refractivity contribution in [2.75, 3.05) is 26.2 Å². The molecule has 1 aromatic rings. The highest BCUT2D eigenvalue weighted by atomic mass is 32.2. The van der Waals surface area contributed by atoms with Gasteiger partial charge in [0.1, 0.15) is 5.82 Å². The van der Waals surface area contributed by atoms with Crippen LogP contribution in [0.5, 0.6) is 0 Å². The van der Waals surface area contributed by atoms with Gasteiger partial charge in [0, 0.05) is 44.4 Å². The lowest BCUT2D eigenvalue weighted by Crippen LogP contribution is -2.50. The van der Waals surface area contributed by atoms with E-state index in [0.717, 1.165) is 0 Å². The van der Waals surface area contributed by atoms with Gasteiger partial charge in [-0.1, -0.05) is 30.0 Å². The summed E-state index contributed by atoms with van der Waals surface area (Å²) in [6.07, 6.45) is -0.282. The van der Waals surface area contributed by atoms with Gasteiger partial charge in [0.15, 0.2) is 5.17 Å². The third-order valence-corrected chi connectivity index (χ3v) is 7.06. The van der Waals surface area contributed by atoms with Gasteiger partial charge in [-0.25, -0.2) is 14.2 Å². The highest BCUT2D eigenvalue weighted by Gasteiger charge is 2.42. The van der Waals surface area contributed by atoms with Crippen molar-refractivity contribution >= 4 is 34.7 Å². The van der Waals surface area contributed by atoms with Crippen LogP contribution in [0.2, 0.25) is 0 Å². The van der Waals surface area contributed by atoms with Crippen LogP contribution in [0.1, 0.15) is 45.7 Å². The number of ether oxygens (including phenoxy) is 1. The summed E-state index contributed by atoms with van der Waals surface area (Å²) in [5.74, 6) is -1.11. The summed E-state index contributed by atoms with van der Waals surface area (Å²) in [4.78, 5) is 47.7. The number of carbonyl (C=O) groups is 3. The van der Waals surface area contributed by atoms with Crippen LogP contribution >= 0.6 is 11.8 Å². The van der Waals surface area contributed by atoms with E-state index in [9.17, 15) is 14.4 Å². The fourth-order valence-electron chi connectivity index (χ4n) is 4.44. The van der Waals surface area contributed by atoms with Crippen LogP contribution in [0, 0.1) is 5.82 Å². The Bertz CT molecular complexity index is 1140. The zero-order chi connectivity index (χ0) is 25.3. The van der Waals surface area contributed by atoms with Gasteiger partial charge in [0.2, 0.25) is 11.8 Å². The quantitative estimate of drug-likeness (QED) is 0.576. The maximum absolute atomic E-state index is 15.1. The lowest BCUT2D eigenvalue weighted by molar-refractivity contribution is -0.143. The first-order chi connectivity index (χ1) is 16.7. The predicted octanol–water partition coefficient (Wildman–Crippen LogP) is 3.43. The number of allylic oxidation sites excluding steroid dienone is 1. The summed E-state index contributed by atoms with van der Waals surface area (Å²) >= 11 is 1.34. The first-order valence-electron chi connectivity index (χ1n) is 11.6. The third kappa shape index (κ3) is 5.12. The number of esters is 1. The van der Waals surface area contributed by atoms with Crippen LogP contribution in [0.15, 0.2) is 51.6 Å². The summed E-state index contributed by atoms with van der Waals surface area (Å²) in [5, 5.41) is 2.42. The van der Waals surface area contributed by atoms with E-state index in [4.69, 9.17) is 4.74 Å². The fraction of sp³-hybridized carbons (Fsp3) is 0.440. The Morgan fingerprint density at radius 1 is 1.14 bits per heavy atom. The number of thioether (sulfide) groups is 1. The molecule has 2 amide bonds. The smallest absolute Gasteiger partial charge is 0.338 e. The van der Waals surface area contributed by atoms with Crippen molar-refractivity contribution in [3.63, 3.8) is 0 Å². The average Bonchev–Trinajstić information content (AvgIpc) is 3.20. The first-order valence-corrected chi connectivity index (χ1v) is 12.5. The Kier molecular flexibility index (Phi) is 7.30. The molecule has 0 aromatic heterocycles. The van der Waals surface area contributed by atoms with Gasteiger partial charge >= 0.3 is 5.97 Å². The lowest BCUT2D eigenvalue weighted by atomic mass is 9.93. The maximum Gasteiger partial charge on any atom is 0.338 e. The molecule has 186 valence electrons. The number of rotatable bonds is 5. The molecule has 1 atom stereocenters. The highest BCUT2D eigenvalue weighted by Crippen LogP contribution is 2.45. The van der Waals surface area contributed by atoms with Gasteiger partial charge in [-0.15, -0.1) is 0 Å². The molecular formula is C25H29FN4O4S. The second kappa shape index (κ2) is 10.2. The number of fused-ring (bicyclic) bond motifs is 1. The van der Waals surface area contributed by atoms with Crippen LogP contribution in [-0.2, 0) is 19.1 Å². The normalized spacial score (nSPS) is 20.1. The molecule has 1 fully saturated rings. The SMILES string of the molecule is CC(=O)N1CCN(C(=O)CC2=CSC3=NC(C)=C(C(=O)OC(C)C)C(c4ccccc4F)N23)CC1. The monoisotopic (exact) mass is 500 g/mol. The molecule has 35 heavy (non-hydrogen) atoms. The van der Waals surface area contributed by atoms with Crippen molar-refractivity contribution in [2.24, 2.45) is 4.99 Å². The molecule has 1 saturated heterocycles. The van der Waals surface area contributed by atoms with Gasteiger partial charge < -0.3 is 19.4 Å². The standard InChI is InChI=1S/C25H29FN4O4S/c1-15(2)34-24(33)22-16(3)27-25-30(23(22)19-7-5-6-8-20(19)26)18(14-35-25)13-21(32)29-11-9-28(10-12-29)17(4)31/h5-8,14-15,23H,9-13H2,1-4H3. The number of nitrogens with zero attached hydrogens (tertiary/aromatic N) is 4. The van der Waals surface area contributed by atoms with Crippen molar-refractivity contribution in [3.8, 4) is 0 Å². The predicted molar refractivity (Wildman–Crippen MR) is 131 cm³/mol. The second-order valence-corrected chi connectivity index (χ2v) is 9.77. The van der Waals surface area contributed by atoms with Gasteiger partial charge in [-0.05, 0) is 32.2 Å². The van der Waals surface area contributed by atoms with E-state index in [2.05, 4.69) is 4.99 Å². The van der Waals surface area contributed by atoms with Crippen molar-refractivity contribution in [2.45, 2.75) is 46.3 Å². The number of benzene rings is 1. The van der Waals surface area contributed by atoms with Gasteiger partial charge in [0.25, 0.3) is 0 Å². The lowest BCUT2D eigenvalue weighted by Gasteiger charge is -2.38. The molecule has 8 nitrogen and oxygen atoms in total. The van der Waals surface area contributed by atoms with Crippen molar-refractivity contribution < 1.29 is 23.5 Å². The summed E-state index contributed by atoms with van der Waals surface area (Å²) < 4.78 is 20.6. The van der Waals surface area contributed by atoms with E-state index in [1.54, 1.807) is 53.7 Å². The molecular weight excluding hydrogens is 471 g/mol. The van der Waals surface area contributed by atoms with Gasteiger partial charge in [-0.2, -0.15) is 0 Å². The molecule has 3 heterocycles. The number of amides is 2. The van der Waals surface area contributed by atoms with Gasteiger partial charge in [0.05, 0.1) is 29.8 Å². The zero-order valence-corrected chi connectivity index (χ0v) is 21.1. The summed E-state index contributed by atoms with van der Waals surface area (Å²) in [5.41, 5.74) is 1.67. The topological polar surface area (TPSA) is 82.5 Å². The van der Waals surface area contributed by atoms with Crippen molar-refractivity contribution in [1.82, 2.24) is 14.7 Å². The van der Waals surface area contributed by atoms with E-state index in [0.29, 0.717) is 48.3 Å². The summed E-state index contributed by atoms with van der Waals surface area (Å²) in [7, 11) is 0. The molecule has 10 heteroatoms. The molecule has 0 saturated carbocycles. The van der Waals surface area contributed by atoms with Crippen LogP contribution in [0.25, 0.3) is 0 Å². The molecule has 0 radical (unpaired) electrons. The Labute approximate surface area is 208 Å². The Morgan fingerprint density at radius 3 is 2.43 bits per heavy atom. The van der Waals surface area contributed by atoms with Crippen LogP contribution in [0.4, 0.5) is 4.39 Å². The minimum Gasteiger partial charge on any atom is -0.459 e. The van der Waals surface area contributed by atoms with Gasteiger partial charge in [-0.3, -0.25) is 9.59 Å². The van der Waals surface area contributed by atoms with Crippen LogP contribution in [-0.4, -0.2) is 69.9 Å². The van der Waals surface area contributed by atoms with Crippen LogP contribution < -0.4 is 0 Å². The highest BCUT2D eigenvalue weighted by molar-refractivity contribution is 8.16. The number of piperazine rings is 1. The number of aliphatic imine (C=N–C) groups is 1. The molecule has 3 aliphatic heterocycles. The first kappa shape index (κ1) is 25.0. The number of amidine groups is 1. The molecule has 1 unspecified atom stereocenters. The molecule has 3 aliphatic rings. The minimum atomic E-state index is -0.807. The largest absolute Gasteiger partial charge is 0.459 e. The van der Waals surface area contributed by atoms with E-state index >= 15 is 4.39 Å². The molecule has 1 aromatic carbocycles. The zero-order valence-electron chi connectivity index (χ0n) is 20.3. The fourth-order valence-corrected chi connectivity index (χ4v) is 5.40. The number of hydrogen-bond donors (Lipinski definition) is 0. The second-order valence-electron chi connectivity index (χ2n) is 8.93. The van der Waals surface area contributed by atoms with Crippen molar-refractivity contribution in [3.05, 3.63) is 58.0 Å². The third-order valence-electron chi connectivity index (χ3n) is 6.17. The Hall–Kier alpha value is -3.14. The van der Waals surface area contributed by atoms with E-state index in [1.807, 2.05) is 5.41 Å². The number of carbonyl (C=O) groups excluding carboxylic acids is 3. The summed E-state index contributed by atoms with van der Waals surface area (Å²) in [6, 6.07) is 5.50. The van der Waals surface area contributed by atoms with E-state index in [-0.39, 0.29) is 29.9 Å². The molecule has 0 N–H and O–H groups in total. The molecule has 4 rings (SSSR count). The average molecular weight is 501 g/mol. The van der Waals surface area contributed by atoms with Crippen LogP contribution in [0.3, 0.4) is 0 Å². The molecule has 0 bridgehead atoms. The Balaban J connectivity index is 1.63. The Morgan fingerprint density at radius 2 is 1.80 bits per heavy atom.